The standard InChI is InChI=1S/C18H21BrN2O/c1-3-14-8-10-15(11-9-14)12-21(2)13-18(22)20-17-7-5-4-6-16(17)19/h4-11H,3,12-13H2,1-2H3,(H,20,22). The lowest BCUT2D eigenvalue weighted by atomic mass is 10.1. The van der Waals surface area contributed by atoms with E-state index in [1.807, 2.05) is 36.2 Å². The van der Waals surface area contributed by atoms with Crippen molar-refractivity contribution in [2.24, 2.45) is 0 Å². The first kappa shape index (κ1) is 16.7. The van der Waals surface area contributed by atoms with Crippen molar-refractivity contribution in [2.75, 3.05) is 18.9 Å². The van der Waals surface area contributed by atoms with E-state index in [0.29, 0.717) is 6.54 Å². The van der Waals surface area contributed by atoms with E-state index >= 15 is 0 Å². The Balaban J connectivity index is 1.87. The fourth-order valence-electron chi connectivity index (χ4n) is 2.25. The molecule has 2 rings (SSSR count). The number of carbonyl (C=O) groups excluding carboxylic acids is 1. The highest BCUT2D eigenvalue weighted by atomic mass is 79.9. The van der Waals surface area contributed by atoms with E-state index in [1.54, 1.807) is 0 Å². The molecular weight excluding hydrogens is 340 g/mol. The van der Waals surface area contributed by atoms with Crippen molar-refractivity contribution in [1.29, 1.82) is 0 Å². The highest BCUT2D eigenvalue weighted by molar-refractivity contribution is 9.10. The first-order valence-electron chi connectivity index (χ1n) is 7.39. The number of para-hydroxylation sites is 1. The van der Waals surface area contributed by atoms with Gasteiger partial charge in [-0.1, -0.05) is 43.3 Å². The van der Waals surface area contributed by atoms with Crippen molar-refractivity contribution in [1.82, 2.24) is 4.90 Å². The topological polar surface area (TPSA) is 32.3 Å². The van der Waals surface area contributed by atoms with Gasteiger partial charge in [-0.3, -0.25) is 9.69 Å². The van der Waals surface area contributed by atoms with Crippen LogP contribution in [-0.2, 0) is 17.8 Å². The number of likely N-dealkylation sites (N-methyl/N-ethyl adjacent to an activating group) is 1. The molecule has 0 bridgehead atoms. The second-order valence-corrected chi connectivity index (χ2v) is 6.22. The number of amides is 1. The van der Waals surface area contributed by atoms with Gasteiger partial charge in [-0.25, -0.2) is 0 Å². The summed E-state index contributed by atoms with van der Waals surface area (Å²) in [6, 6.07) is 16.2. The van der Waals surface area contributed by atoms with Crippen LogP contribution in [0.2, 0.25) is 0 Å². The maximum atomic E-state index is 12.1. The van der Waals surface area contributed by atoms with Crippen LogP contribution in [0.3, 0.4) is 0 Å². The molecule has 0 aliphatic carbocycles. The number of hydrogen-bond acceptors (Lipinski definition) is 2. The summed E-state index contributed by atoms with van der Waals surface area (Å²) in [5, 5.41) is 2.92. The average molecular weight is 361 g/mol. The predicted molar refractivity (Wildman–Crippen MR) is 94.9 cm³/mol. The van der Waals surface area contributed by atoms with E-state index < -0.39 is 0 Å². The molecule has 0 saturated carbocycles. The summed E-state index contributed by atoms with van der Waals surface area (Å²) >= 11 is 3.43. The number of nitrogens with one attached hydrogen (secondary N) is 1. The van der Waals surface area contributed by atoms with Gasteiger partial charge in [-0.2, -0.15) is 0 Å². The van der Waals surface area contributed by atoms with Crippen LogP contribution in [0.15, 0.2) is 53.0 Å². The van der Waals surface area contributed by atoms with E-state index in [-0.39, 0.29) is 5.91 Å². The molecule has 2 aromatic rings. The van der Waals surface area contributed by atoms with Crippen molar-refractivity contribution < 1.29 is 4.79 Å². The molecule has 0 saturated heterocycles. The maximum absolute atomic E-state index is 12.1. The van der Waals surface area contributed by atoms with E-state index in [0.717, 1.165) is 23.1 Å². The van der Waals surface area contributed by atoms with E-state index in [9.17, 15) is 4.79 Å². The Morgan fingerprint density at radius 1 is 1.09 bits per heavy atom. The third-order valence-corrected chi connectivity index (χ3v) is 4.14. The van der Waals surface area contributed by atoms with E-state index in [1.165, 1.54) is 11.1 Å². The van der Waals surface area contributed by atoms with Crippen LogP contribution in [0.5, 0.6) is 0 Å². The van der Waals surface area contributed by atoms with Gasteiger partial charge in [-0.05, 0) is 52.7 Å². The summed E-state index contributed by atoms with van der Waals surface area (Å²) in [7, 11) is 1.95. The van der Waals surface area contributed by atoms with Gasteiger partial charge < -0.3 is 5.32 Å². The number of benzene rings is 2. The molecule has 0 aromatic heterocycles. The molecule has 2 aromatic carbocycles. The molecule has 0 fully saturated rings. The molecule has 1 amide bonds. The molecule has 0 spiro atoms. The minimum absolute atomic E-state index is 0.0143. The quantitative estimate of drug-likeness (QED) is 0.841. The number of aryl methyl sites for hydroxylation is 1. The van der Waals surface area contributed by atoms with Gasteiger partial charge >= 0.3 is 0 Å². The Morgan fingerprint density at radius 2 is 1.73 bits per heavy atom. The van der Waals surface area contributed by atoms with Crippen LogP contribution in [0, 0.1) is 0 Å². The lowest BCUT2D eigenvalue weighted by Crippen LogP contribution is -2.29. The van der Waals surface area contributed by atoms with Crippen LogP contribution < -0.4 is 5.32 Å². The van der Waals surface area contributed by atoms with Crippen molar-refractivity contribution in [3.05, 3.63) is 64.1 Å². The summed E-state index contributed by atoms with van der Waals surface area (Å²) in [4.78, 5) is 14.1. The van der Waals surface area contributed by atoms with Gasteiger partial charge in [0.1, 0.15) is 0 Å². The predicted octanol–water partition coefficient (Wildman–Crippen LogP) is 4.08. The Morgan fingerprint density at radius 3 is 2.36 bits per heavy atom. The lowest BCUT2D eigenvalue weighted by Gasteiger charge is -2.17. The molecular formula is C18H21BrN2O. The lowest BCUT2D eigenvalue weighted by molar-refractivity contribution is -0.117. The number of carbonyl (C=O) groups is 1. The minimum Gasteiger partial charge on any atom is -0.324 e. The van der Waals surface area contributed by atoms with Gasteiger partial charge in [0.25, 0.3) is 0 Å². The number of nitrogens with zero attached hydrogens (tertiary/aromatic N) is 1. The molecule has 0 radical (unpaired) electrons. The van der Waals surface area contributed by atoms with E-state index in [2.05, 4.69) is 52.4 Å². The van der Waals surface area contributed by atoms with E-state index in [4.69, 9.17) is 0 Å². The molecule has 4 heteroatoms. The molecule has 22 heavy (non-hydrogen) atoms. The first-order chi connectivity index (χ1) is 10.6. The SMILES string of the molecule is CCc1ccc(CN(C)CC(=O)Nc2ccccc2Br)cc1. The van der Waals surface area contributed by atoms with Crippen molar-refractivity contribution >= 4 is 27.5 Å². The fraction of sp³-hybridized carbons (Fsp3) is 0.278. The minimum atomic E-state index is -0.0143. The number of hydrogen-bond donors (Lipinski definition) is 1. The molecule has 0 aliphatic rings. The molecule has 0 unspecified atom stereocenters. The normalized spacial score (nSPS) is 10.7. The Labute approximate surface area is 140 Å². The number of halogens is 1. The molecule has 0 heterocycles. The second-order valence-electron chi connectivity index (χ2n) is 5.37. The summed E-state index contributed by atoms with van der Waals surface area (Å²) in [5.41, 5.74) is 3.35. The average Bonchev–Trinajstić information content (AvgIpc) is 2.50. The zero-order valence-corrected chi connectivity index (χ0v) is 14.6. The second kappa shape index (κ2) is 8.11. The van der Waals surface area contributed by atoms with Gasteiger partial charge in [0.2, 0.25) is 5.91 Å². The van der Waals surface area contributed by atoms with Crippen LogP contribution >= 0.6 is 15.9 Å². The molecule has 0 aliphatic heterocycles. The molecule has 0 atom stereocenters. The van der Waals surface area contributed by atoms with Gasteiger partial charge in [-0.15, -0.1) is 0 Å². The zero-order valence-electron chi connectivity index (χ0n) is 13.0. The molecule has 116 valence electrons. The Bertz CT molecular complexity index is 625. The van der Waals surface area contributed by atoms with Gasteiger partial charge in [0, 0.05) is 11.0 Å². The number of rotatable bonds is 6. The van der Waals surface area contributed by atoms with Crippen LogP contribution in [0.4, 0.5) is 5.69 Å². The maximum Gasteiger partial charge on any atom is 0.238 e. The Kier molecular flexibility index (Phi) is 6.16. The highest BCUT2D eigenvalue weighted by Gasteiger charge is 2.09. The van der Waals surface area contributed by atoms with Gasteiger partial charge in [0.05, 0.1) is 12.2 Å². The summed E-state index contributed by atoms with van der Waals surface area (Å²) in [5.74, 6) is -0.0143. The first-order valence-corrected chi connectivity index (χ1v) is 8.18. The molecule has 1 N–H and O–H groups in total. The van der Waals surface area contributed by atoms with Crippen molar-refractivity contribution in [3.8, 4) is 0 Å². The molecule has 3 nitrogen and oxygen atoms in total. The smallest absolute Gasteiger partial charge is 0.238 e. The highest BCUT2D eigenvalue weighted by Crippen LogP contribution is 2.21. The number of anilines is 1. The van der Waals surface area contributed by atoms with Crippen LogP contribution in [0.1, 0.15) is 18.1 Å². The van der Waals surface area contributed by atoms with Gasteiger partial charge in [0.15, 0.2) is 0 Å². The third kappa shape index (κ3) is 4.97. The summed E-state index contributed by atoms with van der Waals surface area (Å²) in [6.07, 6.45) is 1.05. The zero-order chi connectivity index (χ0) is 15.9. The monoisotopic (exact) mass is 360 g/mol. The Hall–Kier alpha value is -1.65. The van der Waals surface area contributed by atoms with Crippen molar-refractivity contribution in [3.63, 3.8) is 0 Å². The van der Waals surface area contributed by atoms with Crippen LogP contribution in [-0.4, -0.2) is 24.4 Å². The van der Waals surface area contributed by atoms with Crippen LogP contribution in [0.25, 0.3) is 0 Å². The summed E-state index contributed by atoms with van der Waals surface area (Å²) in [6.45, 7) is 3.26. The summed E-state index contributed by atoms with van der Waals surface area (Å²) < 4.78 is 0.890. The fourth-order valence-corrected chi connectivity index (χ4v) is 2.63. The van der Waals surface area contributed by atoms with Crippen molar-refractivity contribution in [2.45, 2.75) is 19.9 Å². The third-order valence-electron chi connectivity index (χ3n) is 3.45. The largest absolute Gasteiger partial charge is 0.324 e.